The maximum absolute atomic E-state index is 13.9. The third-order valence-corrected chi connectivity index (χ3v) is 5.72. The van der Waals surface area contributed by atoms with E-state index < -0.39 is 15.8 Å². The van der Waals surface area contributed by atoms with E-state index in [0.717, 1.165) is 12.0 Å². The van der Waals surface area contributed by atoms with Gasteiger partial charge in [0.1, 0.15) is 10.7 Å². The molecular formula is C15H23FN2O3S. The van der Waals surface area contributed by atoms with E-state index in [0.29, 0.717) is 39.1 Å². The second-order valence-corrected chi connectivity index (χ2v) is 7.46. The van der Waals surface area contributed by atoms with Crippen molar-refractivity contribution in [1.82, 2.24) is 4.31 Å². The van der Waals surface area contributed by atoms with Gasteiger partial charge in [-0.05, 0) is 50.4 Å². The van der Waals surface area contributed by atoms with Crippen LogP contribution in [0.4, 0.5) is 4.39 Å². The molecule has 124 valence electrons. The molecule has 2 rings (SSSR count). The van der Waals surface area contributed by atoms with Gasteiger partial charge in [0.25, 0.3) is 0 Å². The molecule has 0 unspecified atom stereocenters. The van der Waals surface area contributed by atoms with E-state index in [9.17, 15) is 12.8 Å². The van der Waals surface area contributed by atoms with Gasteiger partial charge >= 0.3 is 0 Å². The number of piperidine rings is 1. The van der Waals surface area contributed by atoms with Crippen molar-refractivity contribution in [2.24, 2.45) is 5.73 Å². The summed E-state index contributed by atoms with van der Waals surface area (Å²) in [5.41, 5.74) is 6.13. The van der Waals surface area contributed by atoms with E-state index in [2.05, 4.69) is 0 Å². The zero-order chi connectivity index (χ0) is 16.2. The lowest BCUT2D eigenvalue weighted by atomic mass is 10.1. The molecule has 0 aliphatic carbocycles. The topological polar surface area (TPSA) is 72.6 Å². The number of hydrogen-bond donors (Lipinski definition) is 1. The molecule has 1 aliphatic rings. The van der Waals surface area contributed by atoms with Crippen LogP contribution in [0.1, 0.15) is 24.8 Å². The molecule has 1 aliphatic heterocycles. The number of sulfonamides is 1. The van der Waals surface area contributed by atoms with Crippen LogP contribution in [0.5, 0.6) is 0 Å². The van der Waals surface area contributed by atoms with Crippen LogP contribution in [-0.2, 0) is 14.8 Å². The lowest BCUT2D eigenvalue weighted by Crippen LogP contribution is -2.41. The summed E-state index contributed by atoms with van der Waals surface area (Å²) in [5.74, 6) is -0.702. The monoisotopic (exact) mass is 330 g/mol. The fourth-order valence-corrected chi connectivity index (χ4v) is 4.14. The number of hydrogen-bond acceptors (Lipinski definition) is 4. The molecule has 2 N–H and O–H groups in total. The summed E-state index contributed by atoms with van der Waals surface area (Å²) in [6.07, 6.45) is 2.10. The summed E-state index contributed by atoms with van der Waals surface area (Å²) in [7, 11) is -3.78. The molecule has 0 atom stereocenters. The van der Waals surface area contributed by atoms with Crippen LogP contribution >= 0.6 is 0 Å². The second-order valence-electron chi connectivity index (χ2n) is 5.55. The van der Waals surface area contributed by atoms with E-state index in [1.165, 1.54) is 16.4 Å². The fourth-order valence-electron chi connectivity index (χ4n) is 2.52. The Balaban J connectivity index is 2.02. The van der Waals surface area contributed by atoms with Gasteiger partial charge in [0, 0.05) is 19.7 Å². The van der Waals surface area contributed by atoms with Crippen molar-refractivity contribution >= 4 is 10.0 Å². The lowest BCUT2D eigenvalue weighted by molar-refractivity contribution is 0.0208. The fraction of sp³-hybridized carbons (Fsp3) is 0.600. The Bertz CT molecular complexity index is 599. The minimum absolute atomic E-state index is 0.0559. The van der Waals surface area contributed by atoms with Gasteiger partial charge in [0.15, 0.2) is 0 Å². The van der Waals surface area contributed by atoms with Gasteiger partial charge in [0.2, 0.25) is 10.0 Å². The highest BCUT2D eigenvalue weighted by molar-refractivity contribution is 7.89. The number of aryl methyl sites for hydroxylation is 1. The Kier molecular flexibility index (Phi) is 5.91. The molecule has 0 bridgehead atoms. The van der Waals surface area contributed by atoms with E-state index in [-0.39, 0.29) is 11.0 Å². The molecular weight excluding hydrogens is 307 g/mol. The average Bonchev–Trinajstić information content (AvgIpc) is 2.50. The zero-order valence-electron chi connectivity index (χ0n) is 12.8. The molecule has 1 aromatic rings. The van der Waals surface area contributed by atoms with Crippen molar-refractivity contribution in [3.8, 4) is 0 Å². The van der Waals surface area contributed by atoms with Crippen LogP contribution in [-0.4, -0.2) is 45.1 Å². The minimum Gasteiger partial charge on any atom is -0.378 e. The molecule has 1 saturated heterocycles. The Morgan fingerprint density at radius 1 is 1.36 bits per heavy atom. The molecule has 22 heavy (non-hydrogen) atoms. The highest BCUT2D eigenvalue weighted by atomic mass is 32.2. The standard InChI is InChI=1S/C15H23FN2O3S/c1-12-3-4-14(16)15(11-12)22(19,20)18-8-5-13(6-9-18)21-10-2-7-17/h3-4,11,13H,2,5-10,17H2,1H3. The summed E-state index contributed by atoms with van der Waals surface area (Å²) < 4.78 is 46.0. The highest BCUT2D eigenvalue weighted by Gasteiger charge is 2.31. The molecule has 0 radical (unpaired) electrons. The largest absolute Gasteiger partial charge is 0.378 e. The summed E-state index contributed by atoms with van der Waals surface area (Å²) in [5, 5.41) is 0. The average molecular weight is 330 g/mol. The van der Waals surface area contributed by atoms with Crippen molar-refractivity contribution in [1.29, 1.82) is 0 Å². The minimum atomic E-state index is -3.78. The maximum Gasteiger partial charge on any atom is 0.245 e. The first-order valence-electron chi connectivity index (χ1n) is 7.53. The molecule has 5 nitrogen and oxygen atoms in total. The van der Waals surface area contributed by atoms with Gasteiger partial charge in [-0.2, -0.15) is 4.31 Å². The lowest BCUT2D eigenvalue weighted by Gasteiger charge is -2.31. The molecule has 0 aromatic heterocycles. The number of nitrogens with zero attached hydrogens (tertiary/aromatic N) is 1. The summed E-state index contributed by atoms with van der Waals surface area (Å²) in [6.45, 7) is 3.63. The number of ether oxygens (including phenoxy) is 1. The molecule has 1 aromatic carbocycles. The zero-order valence-corrected chi connectivity index (χ0v) is 13.6. The van der Waals surface area contributed by atoms with E-state index in [1.807, 2.05) is 0 Å². The van der Waals surface area contributed by atoms with E-state index >= 15 is 0 Å². The summed E-state index contributed by atoms with van der Waals surface area (Å²) >= 11 is 0. The van der Waals surface area contributed by atoms with Gasteiger partial charge in [-0.1, -0.05) is 6.07 Å². The molecule has 1 fully saturated rings. The Morgan fingerprint density at radius 3 is 2.68 bits per heavy atom. The maximum atomic E-state index is 13.9. The first-order valence-corrected chi connectivity index (χ1v) is 8.97. The van der Waals surface area contributed by atoms with Gasteiger partial charge in [-0.3, -0.25) is 0 Å². The number of nitrogens with two attached hydrogens (primary N) is 1. The van der Waals surface area contributed by atoms with Crippen LogP contribution < -0.4 is 5.73 Å². The molecule has 1 heterocycles. The third-order valence-electron chi connectivity index (χ3n) is 3.81. The van der Waals surface area contributed by atoms with Crippen LogP contribution in [0.2, 0.25) is 0 Å². The molecule has 0 spiro atoms. The first-order chi connectivity index (χ1) is 10.4. The van der Waals surface area contributed by atoms with Crippen molar-refractivity contribution in [3.05, 3.63) is 29.6 Å². The van der Waals surface area contributed by atoms with Gasteiger partial charge < -0.3 is 10.5 Å². The SMILES string of the molecule is Cc1ccc(F)c(S(=O)(=O)N2CCC(OCCCN)CC2)c1. The number of halogens is 1. The van der Waals surface area contributed by atoms with E-state index in [4.69, 9.17) is 10.5 Å². The second kappa shape index (κ2) is 7.50. The molecule has 0 saturated carbocycles. The van der Waals surface area contributed by atoms with Crippen LogP contribution in [0, 0.1) is 12.7 Å². The van der Waals surface area contributed by atoms with Crippen LogP contribution in [0.3, 0.4) is 0 Å². The van der Waals surface area contributed by atoms with Crippen molar-refractivity contribution < 1.29 is 17.5 Å². The molecule has 0 amide bonds. The predicted molar refractivity (Wildman–Crippen MR) is 82.5 cm³/mol. The van der Waals surface area contributed by atoms with Crippen molar-refractivity contribution in [2.45, 2.75) is 37.2 Å². The quantitative estimate of drug-likeness (QED) is 0.805. The number of benzene rings is 1. The summed E-state index contributed by atoms with van der Waals surface area (Å²) in [6, 6.07) is 4.14. The predicted octanol–water partition coefficient (Wildman–Crippen LogP) is 1.65. The van der Waals surface area contributed by atoms with Crippen LogP contribution in [0.25, 0.3) is 0 Å². The smallest absolute Gasteiger partial charge is 0.245 e. The highest BCUT2D eigenvalue weighted by Crippen LogP contribution is 2.24. The van der Waals surface area contributed by atoms with Gasteiger partial charge in [0.05, 0.1) is 6.10 Å². The van der Waals surface area contributed by atoms with Crippen LogP contribution in [0.15, 0.2) is 23.1 Å². The molecule has 7 heteroatoms. The van der Waals surface area contributed by atoms with Gasteiger partial charge in [-0.25, -0.2) is 12.8 Å². The van der Waals surface area contributed by atoms with E-state index in [1.54, 1.807) is 13.0 Å². The Hall–Kier alpha value is -1.02. The van der Waals surface area contributed by atoms with Crippen molar-refractivity contribution in [3.63, 3.8) is 0 Å². The first kappa shape index (κ1) is 17.3. The number of rotatable bonds is 6. The van der Waals surface area contributed by atoms with Crippen molar-refractivity contribution in [2.75, 3.05) is 26.2 Å². The van der Waals surface area contributed by atoms with Gasteiger partial charge in [-0.15, -0.1) is 0 Å². The summed E-state index contributed by atoms with van der Waals surface area (Å²) in [4.78, 5) is -0.241. The Morgan fingerprint density at radius 2 is 2.05 bits per heavy atom. The normalized spacial score (nSPS) is 17.8. The Labute approximate surface area is 131 Å². The third kappa shape index (κ3) is 4.04.